The van der Waals surface area contributed by atoms with Crippen LogP contribution in [0.15, 0.2) is 24.5 Å². The van der Waals surface area contributed by atoms with Crippen LogP contribution < -0.4 is 5.73 Å². The Morgan fingerprint density at radius 3 is 2.71 bits per heavy atom. The van der Waals surface area contributed by atoms with Gasteiger partial charge in [0.05, 0.1) is 0 Å². The van der Waals surface area contributed by atoms with Gasteiger partial charge in [-0.1, -0.05) is 0 Å². The maximum Gasteiger partial charge on any atom is 0.0270 e. The van der Waals surface area contributed by atoms with E-state index in [0.29, 0.717) is 6.04 Å². The fourth-order valence-corrected chi connectivity index (χ4v) is 2.11. The molecule has 1 aromatic rings. The Labute approximate surface area is 104 Å². The Morgan fingerprint density at radius 2 is 2.06 bits per heavy atom. The monoisotopic (exact) mass is 233 g/mol. The summed E-state index contributed by atoms with van der Waals surface area (Å²) in [4.78, 5) is 6.41. The van der Waals surface area contributed by atoms with Gasteiger partial charge in [-0.05, 0) is 62.9 Å². The minimum absolute atomic E-state index is 0.429. The SMILES string of the molecule is CN(CCc1ccncc1)CCC(N)C1CC1. The van der Waals surface area contributed by atoms with E-state index in [-0.39, 0.29) is 0 Å². The molecule has 0 amide bonds. The van der Waals surface area contributed by atoms with Gasteiger partial charge < -0.3 is 10.6 Å². The normalized spacial score (nSPS) is 17.4. The number of nitrogens with two attached hydrogens (primary N) is 1. The molecule has 0 bridgehead atoms. The Bertz CT molecular complexity index is 321. The van der Waals surface area contributed by atoms with Crippen LogP contribution in [-0.4, -0.2) is 36.1 Å². The van der Waals surface area contributed by atoms with Gasteiger partial charge in [0, 0.05) is 25.0 Å². The van der Waals surface area contributed by atoms with E-state index in [9.17, 15) is 0 Å². The molecule has 0 aromatic carbocycles. The molecule has 1 aromatic heterocycles. The van der Waals surface area contributed by atoms with Crippen molar-refractivity contribution in [3.63, 3.8) is 0 Å². The summed E-state index contributed by atoms with van der Waals surface area (Å²) < 4.78 is 0. The molecule has 1 saturated carbocycles. The maximum absolute atomic E-state index is 6.10. The van der Waals surface area contributed by atoms with Crippen molar-refractivity contribution in [3.05, 3.63) is 30.1 Å². The number of aromatic nitrogens is 1. The van der Waals surface area contributed by atoms with Crippen molar-refractivity contribution in [1.82, 2.24) is 9.88 Å². The van der Waals surface area contributed by atoms with Gasteiger partial charge in [-0.25, -0.2) is 0 Å². The lowest BCUT2D eigenvalue weighted by Gasteiger charge is -2.19. The highest BCUT2D eigenvalue weighted by molar-refractivity contribution is 5.09. The molecule has 17 heavy (non-hydrogen) atoms. The summed E-state index contributed by atoms with van der Waals surface area (Å²) in [7, 11) is 2.18. The van der Waals surface area contributed by atoms with Gasteiger partial charge in [0.2, 0.25) is 0 Å². The highest BCUT2D eigenvalue weighted by Crippen LogP contribution is 2.32. The van der Waals surface area contributed by atoms with Gasteiger partial charge in [0.15, 0.2) is 0 Å². The van der Waals surface area contributed by atoms with Crippen LogP contribution in [0.3, 0.4) is 0 Å². The first kappa shape index (κ1) is 12.5. The van der Waals surface area contributed by atoms with Crippen molar-refractivity contribution in [3.8, 4) is 0 Å². The van der Waals surface area contributed by atoms with Gasteiger partial charge in [0.1, 0.15) is 0 Å². The first-order valence-electron chi connectivity index (χ1n) is 6.59. The molecule has 1 atom stereocenters. The Kier molecular flexibility index (Phi) is 4.51. The van der Waals surface area contributed by atoms with Crippen molar-refractivity contribution in [1.29, 1.82) is 0 Å². The van der Waals surface area contributed by atoms with E-state index < -0.39 is 0 Å². The quantitative estimate of drug-likeness (QED) is 0.779. The van der Waals surface area contributed by atoms with Gasteiger partial charge in [-0.15, -0.1) is 0 Å². The van der Waals surface area contributed by atoms with Crippen LogP contribution in [0, 0.1) is 5.92 Å². The third kappa shape index (κ3) is 4.44. The number of rotatable bonds is 7. The smallest absolute Gasteiger partial charge is 0.0270 e. The van der Waals surface area contributed by atoms with Crippen LogP contribution in [0.25, 0.3) is 0 Å². The van der Waals surface area contributed by atoms with Crippen molar-refractivity contribution in [2.24, 2.45) is 11.7 Å². The molecule has 0 saturated heterocycles. The zero-order valence-electron chi connectivity index (χ0n) is 10.7. The van der Waals surface area contributed by atoms with Crippen LogP contribution >= 0.6 is 0 Å². The number of hydrogen-bond donors (Lipinski definition) is 1. The largest absolute Gasteiger partial charge is 0.327 e. The Balaban J connectivity index is 1.61. The molecule has 0 spiro atoms. The molecular weight excluding hydrogens is 210 g/mol. The van der Waals surface area contributed by atoms with Crippen molar-refractivity contribution < 1.29 is 0 Å². The highest BCUT2D eigenvalue weighted by Gasteiger charge is 2.27. The standard InChI is InChI=1S/C14H23N3/c1-17(11-7-14(15)13-2-3-13)10-6-12-4-8-16-9-5-12/h4-5,8-9,13-14H,2-3,6-7,10-11,15H2,1H3. The van der Waals surface area contributed by atoms with Gasteiger partial charge in [0.25, 0.3) is 0 Å². The van der Waals surface area contributed by atoms with Crippen molar-refractivity contribution in [2.75, 3.05) is 20.1 Å². The van der Waals surface area contributed by atoms with Crippen molar-refractivity contribution in [2.45, 2.75) is 31.7 Å². The minimum atomic E-state index is 0.429. The first-order chi connectivity index (χ1) is 8.25. The van der Waals surface area contributed by atoms with Crippen LogP contribution in [0.2, 0.25) is 0 Å². The molecule has 1 heterocycles. The molecule has 3 heteroatoms. The summed E-state index contributed by atoms with van der Waals surface area (Å²) in [6, 6.07) is 4.60. The molecule has 94 valence electrons. The molecule has 1 unspecified atom stereocenters. The summed E-state index contributed by atoms with van der Waals surface area (Å²) in [5.41, 5.74) is 7.46. The Morgan fingerprint density at radius 1 is 1.35 bits per heavy atom. The molecule has 1 fully saturated rings. The number of hydrogen-bond acceptors (Lipinski definition) is 3. The number of pyridine rings is 1. The van der Waals surface area contributed by atoms with Crippen LogP contribution in [0.1, 0.15) is 24.8 Å². The second kappa shape index (κ2) is 6.12. The van der Waals surface area contributed by atoms with Crippen molar-refractivity contribution >= 4 is 0 Å². The average Bonchev–Trinajstić information content (AvgIpc) is 3.19. The molecule has 1 aliphatic carbocycles. The summed E-state index contributed by atoms with van der Waals surface area (Å²) in [6.07, 6.45) is 8.65. The number of likely N-dealkylation sites (N-methyl/N-ethyl adjacent to an activating group) is 1. The Hall–Kier alpha value is -0.930. The van der Waals surface area contributed by atoms with E-state index in [1.807, 2.05) is 12.4 Å². The van der Waals surface area contributed by atoms with E-state index in [1.165, 1.54) is 18.4 Å². The fourth-order valence-electron chi connectivity index (χ4n) is 2.11. The molecule has 0 aliphatic heterocycles. The summed E-state index contributed by atoms with van der Waals surface area (Å²) in [5.74, 6) is 0.823. The third-order valence-corrected chi connectivity index (χ3v) is 3.60. The maximum atomic E-state index is 6.10. The minimum Gasteiger partial charge on any atom is -0.327 e. The first-order valence-corrected chi connectivity index (χ1v) is 6.59. The molecule has 0 radical (unpaired) electrons. The molecule has 1 aliphatic rings. The second-order valence-corrected chi connectivity index (χ2v) is 5.20. The third-order valence-electron chi connectivity index (χ3n) is 3.60. The average molecular weight is 233 g/mol. The van der Waals surface area contributed by atoms with E-state index in [2.05, 4.69) is 29.1 Å². The summed E-state index contributed by atoms with van der Waals surface area (Å²) in [5, 5.41) is 0. The van der Waals surface area contributed by atoms with E-state index in [4.69, 9.17) is 5.73 Å². The van der Waals surface area contributed by atoms with E-state index >= 15 is 0 Å². The molecule has 3 nitrogen and oxygen atoms in total. The van der Waals surface area contributed by atoms with E-state index in [1.54, 1.807) is 0 Å². The molecule has 2 rings (SSSR count). The molecular formula is C14H23N3. The van der Waals surface area contributed by atoms with E-state index in [0.717, 1.165) is 31.8 Å². The predicted octanol–water partition coefficient (Wildman–Crippen LogP) is 1.68. The zero-order valence-corrected chi connectivity index (χ0v) is 10.7. The fraction of sp³-hybridized carbons (Fsp3) is 0.643. The molecule has 2 N–H and O–H groups in total. The lowest BCUT2D eigenvalue weighted by Crippen LogP contribution is -2.30. The number of nitrogens with zero attached hydrogens (tertiary/aromatic N) is 2. The van der Waals surface area contributed by atoms with Crippen LogP contribution in [0.4, 0.5) is 0 Å². The summed E-state index contributed by atoms with van der Waals surface area (Å²) >= 11 is 0. The lowest BCUT2D eigenvalue weighted by atomic mass is 10.1. The zero-order chi connectivity index (χ0) is 12.1. The topological polar surface area (TPSA) is 42.2 Å². The van der Waals surface area contributed by atoms with Gasteiger partial charge >= 0.3 is 0 Å². The second-order valence-electron chi connectivity index (χ2n) is 5.20. The summed E-state index contributed by atoms with van der Waals surface area (Å²) in [6.45, 7) is 2.21. The predicted molar refractivity (Wildman–Crippen MR) is 70.8 cm³/mol. The van der Waals surface area contributed by atoms with Gasteiger partial charge in [-0.3, -0.25) is 4.98 Å². The van der Waals surface area contributed by atoms with Gasteiger partial charge in [-0.2, -0.15) is 0 Å². The lowest BCUT2D eigenvalue weighted by molar-refractivity contribution is 0.315. The van der Waals surface area contributed by atoms with Crippen LogP contribution in [-0.2, 0) is 6.42 Å². The van der Waals surface area contributed by atoms with Crippen LogP contribution in [0.5, 0.6) is 0 Å². The highest BCUT2D eigenvalue weighted by atomic mass is 15.1.